The molecule has 2 aromatic rings. The number of piperidine rings is 1. The van der Waals surface area contributed by atoms with E-state index in [1.54, 1.807) is 4.68 Å². The van der Waals surface area contributed by atoms with Crippen molar-refractivity contribution in [1.29, 1.82) is 0 Å². The molecule has 1 aromatic heterocycles. The average molecular weight is 372 g/mol. The van der Waals surface area contributed by atoms with Gasteiger partial charge in [0.05, 0.1) is 11.4 Å². The Balaban J connectivity index is 1.38. The fourth-order valence-corrected chi connectivity index (χ4v) is 5.05. The largest absolute Gasteiger partial charge is 0.342 e. The number of carbonyl (C=O) groups excluding carboxylic acids is 1. The van der Waals surface area contributed by atoms with Crippen LogP contribution in [0.15, 0.2) is 29.4 Å². The molecule has 1 aliphatic carbocycles. The van der Waals surface area contributed by atoms with Gasteiger partial charge in [-0.15, -0.1) is 5.10 Å². The van der Waals surface area contributed by atoms with Crippen LogP contribution in [0.25, 0.3) is 5.69 Å². The van der Waals surface area contributed by atoms with Crippen molar-refractivity contribution in [1.82, 2.24) is 25.1 Å². The highest BCUT2D eigenvalue weighted by Crippen LogP contribution is 2.36. The van der Waals surface area contributed by atoms with E-state index in [4.69, 9.17) is 0 Å². The SMILES string of the molecule is Cc1ccccc1-n1nnnc1SCC(=O)N1CC[C@H]2CCCC[C@@H]2C1. The maximum atomic E-state index is 12.7. The van der Waals surface area contributed by atoms with Gasteiger partial charge in [0, 0.05) is 13.1 Å². The maximum absolute atomic E-state index is 12.7. The molecular weight excluding hydrogens is 346 g/mol. The topological polar surface area (TPSA) is 63.9 Å². The van der Waals surface area contributed by atoms with Crippen LogP contribution in [0.5, 0.6) is 0 Å². The fraction of sp³-hybridized carbons (Fsp3) is 0.579. The summed E-state index contributed by atoms with van der Waals surface area (Å²) in [5.41, 5.74) is 2.06. The summed E-state index contributed by atoms with van der Waals surface area (Å²) in [6.07, 6.45) is 6.50. The molecule has 2 aliphatic rings. The lowest BCUT2D eigenvalue weighted by atomic mass is 9.75. The number of carbonyl (C=O) groups is 1. The first-order valence-electron chi connectivity index (χ1n) is 9.47. The third-order valence-electron chi connectivity index (χ3n) is 5.75. The molecule has 1 saturated heterocycles. The molecular formula is C19H25N5OS. The highest BCUT2D eigenvalue weighted by Gasteiger charge is 2.32. The highest BCUT2D eigenvalue weighted by molar-refractivity contribution is 7.99. The Bertz CT molecular complexity index is 777. The zero-order valence-corrected chi connectivity index (χ0v) is 16.0. The number of aryl methyl sites for hydroxylation is 1. The minimum Gasteiger partial charge on any atom is -0.342 e. The molecule has 138 valence electrons. The van der Waals surface area contributed by atoms with Crippen molar-refractivity contribution in [3.05, 3.63) is 29.8 Å². The summed E-state index contributed by atoms with van der Waals surface area (Å²) in [5, 5.41) is 12.7. The van der Waals surface area contributed by atoms with Gasteiger partial charge in [0.15, 0.2) is 0 Å². The molecule has 26 heavy (non-hydrogen) atoms. The quantitative estimate of drug-likeness (QED) is 0.773. The van der Waals surface area contributed by atoms with E-state index in [-0.39, 0.29) is 5.91 Å². The average Bonchev–Trinajstić information content (AvgIpc) is 3.14. The summed E-state index contributed by atoms with van der Waals surface area (Å²) in [6.45, 7) is 3.88. The van der Waals surface area contributed by atoms with Gasteiger partial charge in [0.1, 0.15) is 0 Å². The second-order valence-electron chi connectivity index (χ2n) is 7.38. The number of benzene rings is 1. The van der Waals surface area contributed by atoms with E-state index < -0.39 is 0 Å². The number of tetrazole rings is 1. The Labute approximate surface area is 158 Å². The van der Waals surface area contributed by atoms with Crippen LogP contribution in [0.1, 0.15) is 37.7 Å². The molecule has 0 spiro atoms. The van der Waals surface area contributed by atoms with Gasteiger partial charge in [-0.05, 0) is 53.7 Å². The van der Waals surface area contributed by atoms with Gasteiger partial charge in [-0.2, -0.15) is 4.68 Å². The van der Waals surface area contributed by atoms with Crippen LogP contribution in [0.2, 0.25) is 0 Å². The Morgan fingerprint density at radius 3 is 2.85 bits per heavy atom. The summed E-state index contributed by atoms with van der Waals surface area (Å²) in [4.78, 5) is 14.8. The predicted molar refractivity (Wildman–Crippen MR) is 101 cm³/mol. The normalized spacial score (nSPS) is 22.9. The van der Waals surface area contributed by atoms with Crippen LogP contribution in [0.4, 0.5) is 0 Å². The summed E-state index contributed by atoms with van der Waals surface area (Å²) in [5.74, 6) is 2.15. The number of likely N-dealkylation sites (tertiary alicyclic amines) is 1. The molecule has 2 atom stereocenters. The number of hydrogen-bond donors (Lipinski definition) is 0. The molecule has 1 aliphatic heterocycles. The van der Waals surface area contributed by atoms with Crippen LogP contribution in [0.3, 0.4) is 0 Å². The molecule has 6 nitrogen and oxygen atoms in total. The van der Waals surface area contributed by atoms with Crippen molar-refractivity contribution in [3.63, 3.8) is 0 Å². The first kappa shape index (κ1) is 17.5. The summed E-state index contributed by atoms with van der Waals surface area (Å²) in [6, 6.07) is 7.99. The number of fused-ring (bicyclic) bond motifs is 1. The Hall–Kier alpha value is -1.89. The van der Waals surface area contributed by atoms with Gasteiger partial charge in [0.25, 0.3) is 0 Å². The number of amides is 1. The maximum Gasteiger partial charge on any atom is 0.233 e. The minimum atomic E-state index is 0.207. The lowest BCUT2D eigenvalue weighted by Gasteiger charge is -2.41. The van der Waals surface area contributed by atoms with Crippen LogP contribution in [-0.4, -0.2) is 49.9 Å². The Morgan fingerprint density at radius 1 is 1.19 bits per heavy atom. The molecule has 1 saturated carbocycles. The zero-order valence-electron chi connectivity index (χ0n) is 15.2. The molecule has 2 heterocycles. The summed E-state index contributed by atoms with van der Waals surface area (Å²) in [7, 11) is 0. The molecule has 1 amide bonds. The Kier molecular flexibility index (Phi) is 5.24. The smallest absolute Gasteiger partial charge is 0.233 e. The number of thioether (sulfide) groups is 1. The van der Waals surface area contributed by atoms with E-state index in [2.05, 4.69) is 20.4 Å². The molecule has 1 aromatic carbocycles. The van der Waals surface area contributed by atoms with E-state index in [9.17, 15) is 4.79 Å². The lowest BCUT2D eigenvalue weighted by molar-refractivity contribution is -0.131. The lowest BCUT2D eigenvalue weighted by Crippen LogP contribution is -2.45. The van der Waals surface area contributed by atoms with Crippen LogP contribution < -0.4 is 0 Å². The van der Waals surface area contributed by atoms with Crippen molar-refractivity contribution < 1.29 is 4.79 Å². The van der Waals surface area contributed by atoms with Crippen molar-refractivity contribution in [2.75, 3.05) is 18.8 Å². The van der Waals surface area contributed by atoms with Crippen molar-refractivity contribution in [2.24, 2.45) is 11.8 Å². The van der Waals surface area contributed by atoms with Gasteiger partial charge in [-0.3, -0.25) is 4.79 Å². The molecule has 0 N–H and O–H groups in total. The van der Waals surface area contributed by atoms with Gasteiger partial charge >= 0.3 is 0 Å². The molecule has 0 bridgehead atoms. The van der Waals surface area contributed by atoms with Crippen LogP contribution in [-0.2, 0) is 4.79 Å². The van der Waals surface area contributed by atoms with Gasteiger partial charge in [-0.25, -0.2) is 0 Å². The second kappa shape index (κ2) is 7.78. The van der Waals surface area contributed by atoms with Gasteiger partial charge in [-0.1, -0.05) is 49.2 Å². The third-order valence-corrected chi connectivity index (χ3v) is 6.66. The number of hydrogen-bond acceptors (Lipinski definition) is 5. The third kappa shape index (κ3) is 3.63. The van der Waals surface area contributed by atoms with Crippen molar-refractivity contribution >= 4 is 17.7 Å². The number of para-hydroxylation sites is 1. The van der Waals surface area contributed by atoms with E-state index in [1.165, 1.54) is 43.9 Å². The van der Waals surface area contributed by atoms with Crippen LogP contribution in [0, 0.1) is 18.8 Å². The van der Waals surface area contributed by atoms with Crippen molar-refractivity contribution in [2.45, 2.75) is 44.2 Å². The van der Waals surface area contributed by atoms with Gasteiger partial charge < -0.3 is 4.90 Å². The first-order chi connectivity index (χ1) is 12.7. The molecule has 4 rings (SSSR count). The zero-order chi connectivity index (χ0) is 17.9. The number of nitrogens with zero attached hydrogens (tertiary/aromatic N) is 5. The van der Waals surface area contributed by atoms with Crippen LogP contribution >= 0.6 is 11.8 Å². The standard InChI is InChI=1S/C19H25N5OS/c1-14-6-2-5-9-17(14)24-19(20-21-22-24)26-13-18(25)23-11-10-15-7-3-4-8-16(15)12-23/h2,5-6,9,15-16H,3-4,7-8,10-13H2,1H3/t15-,16-/m1/s1. The van der Waals surface area contributed by atoms with E-state index in [0.717, 1.165) is 30.3 Å². The first-order valence-corrected chi connectivity index (χ1v) is 10.5. The summed E-state index contributed by atoms with van der Waals surface area (Å²) < 4.78 is 1.72. The van der Waals surface area contributed by atoms with E-state index in [0.29, 0.717) is 16.8 Å². The van der Waals surface area contributed by atoms with E-state index in [1.807, 2.05) is 31.2 Å². The Morgan fingerprint density at radius 2 is 2.00 bits per heavy atom. The molecule has 2 fully saturated rings. The highest BCUT2D eigenvalue weighted by atomic mass is 32.2. The number of aromatic nitrogens is 4. The molecule has 0 unspecified atom stereocenters. The fourth-order valence-electron chi connectivity index (χ4n) is 4.27. The second-order valence-corrected chi connectivity index (χ2v) is 8.32. The monoisotopic (exact) mass is 371 g/mol. The minimum absolute atomic E-state index is 0.207. The van der Waals surface area contributed by atoms with Gasteiger partial charge in [0.2, 0.25) is 11.1 Å². The molecule has 7 heteroatoms. The molecule has 0 radical (unpaired) electrons. The summed E-state index contributed by atoms with van der Waals surface area (Å²) >= 11 is 1.42. The predicted octanol–water partition coefficient (Wildman–Crippen LogP) is 3.10. The van der Waals surface area contributed by atoms with Crippen molar-refractivity contribution in [3.8, 4) is 5.69 Å². The van der Waals surface area contributed by atoms with E-state index >= 15 is 0 Å². The number of rotatable bonds is 4.